The topological polar surface area (TPSA) is 67.8 Å². The largest absolute Gasteiger partial charge is 0.366 e. The molecule has 0 saturated heterocycles. The predicted octanol–water partition coefficient (Wildman–Crippen LogP) is 2.08. The highest BCUT2D eigenvalue weighted by Gasteiger charge is 2.19. The maximum absolute atomic E-state index is 12.2. The molecule has 0 spiro atoms. The normalized spacial score (nSPS) is 11.0. The summed E-state index contributed by atoms with van der Waals surface area (Å²) in [4.78, 5) is 27.3. The number of hydrogen-bond acceptors (Lipinski definition) is 5. The summed E-state index contributed by atoms with van der Waals surface area (Å²) >= 11 is 4.54. The number of isothiocyanates is 1. The lowest BCUT2D eigenvalue weighted by Gasteiger charge is -2.16. The van der Waals surface area contributed by atoms with Crippen LogP contribution < -0.4 is 5.32 Å². The number of rotatable bonds is 9. The third-order valence-electron chi connectivity index (χ3n) is 3.01. The molecular formula is C17H18N2O3S. The second-order valence-corrected chi connectivity index (χ2v) is 4.99. The molecule has 1 atom stereocenters. The molecular weight excluding hydrogens is 312 g/mol. The summed E-state index contributed by atoms with van der Waals surface area (Å²) < 4.78 is 5.16. The summed E-state index contributed by atoms with van der Waals surface area (Å²) in [7, 11) is 0. The van der Waals surface area contributed by atoms with Crippen molar-refractivity contribution in [2.45, 2.75) is 25.8 Å². The SMILES string of the molecule is C#CCOCC(NC(C)=O)C(=O)CCc1ccc(N=C=S)cc1. The molecule has 0 radical (unpaired) electrons. The number of ether oxygens (including phenoxy) is 1. The Hall–Kier alpha value is -2.32. The Bertz CT molecular complexity index is 628. The van der Waals surface area contributed by atoms with Crippen LogP contribution in [0.1, 0.15) is 18.9 Å². The maximum Gasteiger partial charge on any atom is 0.217 e. The van der Waals surface area contributed by atoms with E-state index >= 15 is 0 Å². The summed E-state index contributed by atoms with van der Waals surface area (Å²) in [5.74, 6) is 1.94. The summed E-state index contributed by atoms with van der Waals surface area (Å²) in [6, 6.07) is 6.68. The monoisotopic (exact) mass is 330 g/mol. The van der Waals surface area contributed by atoms with Gasteiger partial charge < -0.3 is 10.1 Å². The fourth-order valence-corrected chi connectivity index (χ4v) is 2.03. The van der Waals surface area contributed by atoms with Crippen LogP contribution in [-0.2, 0) is 20.7 Å². The molecule has 0 bridgehead atoms. The predicted molar refractivity (Wildman–Crippen MR) is 91.7 cm³/mol. The van der Waals surface area contributed by atoms with Crippen molar-refractivity contribution in [2.75, 3.05) is 13.2 Å². The first-order valence-electron chi connectivity index (χ1n) is 7.04. The molecule has 1 N–H and O–H groups in total. The van der Waals surface area contributed by atoms with Gasteiger partial charge in [-0.15, -0.1) is 6.42 Å². The van der Waals surface area contributed by atoms with E-state index in [0.717, 1.165) is 5.56 Å². The summed E-state index contributed by atoms with van der Waals surface area (Å²) in [5, 5.41) is 4.88. The van der Waals surface area contributed by atoms with E-state index in [1.54, 1.807) is 12.1 Å². The summed E-state index contributed by atoms with van der Waals surface area (Å²) in [6.07, 6.45) is 5.95. The molecule has 1 rings (SSSR count). The molecule has 0 aliphatic carbocycles. The van der Waals surface area contributed by atoms with E-state index in [4.69, 9.17) is 11.2 Å². The van der Waals surface area contributed by atoms with Crippen LogP contribution in [0, 0.1) is 12.3 Å². The first-order chi connectivity index (χ1) is 11.1. The Morgan fingerprint density at radius 2 is 2.09 bits per heavy atom. The van der Waals surface area contributed by atoms with E-state index in [2.05, 4.69) is 33.6 Å². The molecule has 120 valence electrons. The van der Waals surface area contributed by atoms with Crippen LogP contribution in [0.3, 0.4) is 0 Å². The van der Waals surface area contributed by atoms with Crippen molar-refractivity contribution in [3.05, 3.63) is 29.8 Å². The molecule has 1 aromatic rings. The lowest BCUT2D eigenvalue weighted by atomic mass is 10.0. The van der Waals surface area contributed by atoms with Crippen LogP contribution in [0.25, 0.3) is 0 Å². The molecule has 1 unspecified atom stereocenters. The van der Waals surface area contributed by atoms with Crippen LogP contribution in [0.4, 0.5) is 5.69 Å². The minimum atomic E-state index is -0.681. The van der Waals surface area contributed by atoms with Crippen LogP contribution in [0.15, 0.2) is 29.3 Å². The molecule has 0 saturated carbocycles. The van der Waals surface area contributed by atoms with Gasteiger partial charge in [0.15, 0.2) is 5.78 Å². The zero-order chi connectivity index (χ0) is 17.1. The van der Waals surface area contributed by atoms with Crippen molar-refractivity contribution >= 4 is 34.8 Å². The van der Waals surface area contributed by atoms with Crippen molar-refractivity contribution in [1.29, 1.82) is 0 Å². The quantitative estimate of drug-likeness (QED) is 0.326. The van der Waals surface area contributed by atoms with Gasteiger partial charge >= 0.3 is 0 Å². The highest BCUT2D eigenvalue weighted by Crippen LogP contribution is 2.13. The first-order valence-corrected chi connectivity index (χ1v) is 7.45. The highest BCUT2D eigenvalue weighted by atomic mass is 32.1. The van der Waals surface area contributed by atoms with Gasteiger partial charge in [0.1, 0.15) is 12.6 Å². The number of Topliss-reactive ketones (excluding diaryl/α,β-unsaturated/α-hetero) is 1. The fraction of sp³-hybridized carbons (Fsp3) is 0.353. The third-order valence-corrected chi connectivity index (χ3v) is 3.10. The molecule has 0 aliphatic rings. The number of ketones is 1. The Kier molecular flexibility index (Phi) is 8.48. The fourth-order valence-electron chi connectivity index (χ4n) is 1.93. The first kappa shape index (κ1) is 18.7. The number of benzene rings is 1. The second-order valence-electron chi connectivity index (χ2n) is 4.81. The van der Waals surface area contributed by atoms with Crippen molar-refractivity contribution in [1.82, 2.24) is 5.32 Å². The van der Waals surface area contributed by atoms with Gasteiger partial charge in [0, 0.05) is 13.3 Å². The number of thiocarbonyl (C=S) groups is 1. The van der Waals surface area contributed by atoms with Crippen molar-refractivity contribution in [2.24, 2.45) is 4.99 Å². The Balaban J connectivity index is 2.57. The Morgan fingerprint density at radius 1 is 1.39 bits per heavy atom. The van der Waals surface area contributed by atoms with Gasteiger partial charge in [-0.1, -0.05) is 18.1 Å². The molecule has 0 fully saturated rings. The van der Waals surface area contributed by atoms with E-state index in [1.807, 2.05) is 12.1 Å². The van der Waals surface area contributed by atoms with Gasteiger partial charge in [-0.3, -0.25) is 9.59 Å². The van der Waals surface area contributed by atoms with E-state index in [-0.39, 0.29) is 24.9 Å². The molecule has 0 heterocycles. The average molecular weight is 330 g/mol. The lowest BCUT2D eigenvalue weighted by Crippen LogP contribution is -2.43. The zero-order valence-corrected chi connectivity index (χ0v) is 13.7. The standard InChI is InChI=1S/C17H18N2O3S/c1-3-10-22-11-16(19-13(2)20)17(21)9-6-14-4-7-15(8-5-14)18-12-23/h1,4-5,7-8,16H,6,9-11H2,2H3,(H,19,20). The van der Waals surface area contributed by atoms with Crippen molar-refractivity contribution in [3.63, 3.8) is 0 Å². The van der Waals surface area contributed by atoms with Crippen LogP contribution >= 0.6 is 12.2 Å². The maximum atomic E-state index is 12.2. The molecule has 23 heavy (non-hydrogen) atoms. The third kappa shape index (κ3) is 7.48. The van der Waals surface area contributed by atoms with Gasteiger partial charge in [0.2, 0.25) is 5.91 Å². The number of amides is 1. The number of hydrogen-bond donors (Lipinski definition) is 1. The highest BCUT2D eigenvalue weighted by molar-refractivity contribution is 7.78. The van der Waals surface area contributed by atoms with Gasteiger partial charge in [0.05, 0.1) is 17.5 Å². The smallest absolute Gasteiger partial charge is 0.217 e. The molecule has 1 aromatic carbocycles. The van der Waals surface area contributed by atoms with Gasteiger partial charge in [-0.05, 0) is 36.3 Å². The number of carbonyl (C=O) groups is 2. The number of nitrogens with one attached hydrogen (secondary N) is 1. The minimum Gasteiger partial charge on any atom is -0.366 e. The molecule has 0 aromatic heterocycles. The van der Waals surface area contributed by atoms with Gasteiger partial charge in [0.25, 0.3) is 0 Å². The lowest BCUT2D eigenvalue weighted by molar-refractivity contribution is -0.128. The number of terminal acetylenes is 1. The second kappa shape index (κ2) is 10.4. The zero-order valence-electron chi connectivity index (χ0n) is 12.9. The number of aliphatic imine (C=N–C) groups is 1. The van der Waals surface area contributed by atoms with Crippen molar-refractivity contribution in [3.8, 4) is 12.3 Å². The number of aryl methyl sites for hydroxylation is 1. The number of carbonyl (C=O) groups excluding carboxylic acids is 2. The molecule has 5 nitrogen and oxygen atoms in total. The number of nitrogens with zero attached hydrogens (tertiary/aromatic N) is 1. The average Bonchev–Trinajstić information content (AvgIpc) is 2.53. The van der Waals surface area contributed by atoms with Crippen LogP contribution in [-0.4, -0.2) is 36.1 Å². The van der Waals surface area contributed by atoms with Gasteiger partial charge in [-0.2, -0.15) is 4.99 Å². The Labute approximate surface area is 141 Å². The Morgan fingerprint density at radius 3 is 2.65 bits per heavy atom. The summed E-state index contributed by atoms with van der Waals surface area (Å²) in [6.45, 7) is 1.53. The minimum absolute atomic E-state index is 0.0743. The van der Waals surface area contributed by atoms with Crippen LogP contribution in [0.5, 0.6) is 0 Å². The van der Waals surface area contributed by atoms with E-state index in [0.29, 0.717) is 18.5 Å². The molecule has 6 heteroatoms. The van der Waals surface area contributed by atoms with Crippen LogP contribution in [0.2, 0.25) is 0 Å². The molecule has 0 aliphatic heterocycles. The van der Waals surface area contributed by atoms with Gasteiger partial charge in [-0.25, -0.2) is 0 Å². The van der Waals surface area contributed by atoms with E-state index < -0.39 is 6.04 Å². The van der Waals surface area contributed by atoms with Crippen molar-refractivity contribution < 1.29 is 14.3 Å². The molecule has 1 amide bonds. The van der Waals surface area contributed by atoms with E-state index in [9.17, 15) is 9.59 Å². The van der Waals surface area contributed by atoms with E-state index in [1.165, 1.54) is 6.92 Å². The summed E-state index contributed by atoms with van der Waals surface area (Å²) in [5.41, 5.74) is 1.71.